The summed E-state index contributed by atoms with van der Waals surface area (Å²) in [4.78, 5) is 42.4. The van der Waals surface area contributed by atoms with Crippen molar-refractivity contribution < 1.29 is 46.8 Å². The lowest BCUT2D eigenvalue weighted by atomic mass is 9.96. The predicted octanol–water partition coefficient (Wildman–Crippen LogP) is 1.71. The SMILES string of the molecule is CC(=O)NC1C(OP(=O)(O)O)OC2CO[Si](C(C)(C)C)(C(C)(C)C)OC2C1OC(C)=O. The molecule has 2 aliphatic heterocycles. The lowest BCUT2D eigenvalue weighted by Gasteiger charge is -2.57. The van der Waals surface area contributed by atoms with Crippen LogP contribution in [0.2, 0.25) is 10.1 Å². The van der Waals surface area contributed by atoms with E-state index in [1.165, 1.54) is 13.8 Å². The molecule has 5 unspecified atom stereocenters. The molecule has 0 aromatic heterocycles. The molecule has 3 N–H and O–H groups in total. The van der Waals surface area contributed by atoms with E-state index in [0.29, 0.717) is 0 Å². The lowest BCUT2D eigenvalue weighted by molar-refractivity contribution is -0.264. The van der Waals surface area contributed by atoms with Crippen LogP contribution in [0.5, 0.6) is 0 Å². The van der Waals surface area contributed by atoms with Gasteiger partial charge in [0.15, 0.2) is 12.4 Å². The van der Waals surface area contributed by atoms with Crippen molar-refractivity contribution in [2.75, 3.05) is 6.61 Å². The van der Waals surface area contributed by atoms with Crippen molar-refractivity contribution >= 4 is 28.3 Å². The van der Waals surface area contributed by atoms with Crippen molar-refractivity contribution in [1.82, 2.24) is 5.32 Å². The summed E-state index contributed by atoms with van der Waals surface area (Å²) in [5, 5.41) is 1.78. The van der Waals surface area contributed by atoms with Crippen LogP contribution < -0.4 is 5.32 Å². The number of amides is 1. The van der Waals surface area contributed by atoms with E-state index in [1.54, 1.807) is 0 Å². The highest BCUT2D eigenvalue weighted by atomic mass is 31.2. The molecule has 1 amide bonds. The van der Waals surface area contributed by atoms with Crippen LogP contribution in [0.25, 0.3) is 0 Å². The number of phosphoric acid groups is 1. The zero-order valence-electron chi connectivity index (χ0n) is 19.2. The molecular weight excluding hydrogens is 449 g/mol. The number of hydrogen-bond acceptors (Lipinski definition) is 8. The molecular formula is C18H34NO10PSi. The minimum absolute atomic E-state index is 0.0526. The van der Waals surface area contributed by atoms with Crippen LogP contribution in [0.1, 0.15) is 55.4 Å². The first-order valence-electron chi connectivity index (χ1n) is 10.0. The number of nitrogens with one attached hydrogen (secondary N) is 1. The molecule has 0 aromatic rings. The minimum atomic E-state index is -4.99. The van der Waals surface area contributed by atoms with Gasteiger partial charge in [0.2, 0.25) is 5.91 Å². The Labute approximate surface area is 183 Å². The first-order chi connectivity index (χ1) is 13.9. The topological polar surface area (TPSA) is 150 Å². The van der Waals surface area contributed by atoms with Gasteiger partial charge in [-0.25, -0.2) is 4.57 Å². The minimum Gasteiger partial charge on any atom is -0.457 e. The van der Waals surface area contributed by atoms with Crippen molar-refractivity contribution in [3.8, 4) is 0 Å². The third-order valence-corrected chi connectivity index (χ3v) is 10.9. The van der Waals surface area contributed by atoms with Gasteiger partial charge >= 0.3 is 22.4 Å². The van der Waals surface area contributed by atoms with E-state index in [0.717, 1.165) is 0 Å². The highest BCUT2D eigenvalue weighted by Crippen LogP contribution is 2.55. The van der Waals surface area contributed by atoms with Gasteiger partial charge in [-0.3, -0.25) is 14.1 Å². The summed E-state index contributed by atoms with van der Waals surface area (Å²) < 4.78 is 40.5. The summed E-state index contributed by atoms with van der Waals surface area (Å²) in [5.74, 6) is -1.17. The number of ether oxygens (including phenoxy) is 2. The Morgan fingerprint density at radius 1 is 1.10 bits per heavy atom. The molecule has 2 rings (SSSR count). The quantitative estimate of drug-likeness (QED) is 0.306. The van der Waals surface area contributed by atoms with Gasteiger partial charge < -0.3 is 33.4 Å². The number of carbonyl (C=O) groups excluding carboxylic acids is 2. The zero-order valence-corrected chi connectivity index (χ0v) is 21.1. The average Bonchev–Trinajstić information content (AvgIpc) is 2.53. The number of fused-ring (bicyclic) bond motifs is 1. The van der Waals surface area contributed by atoms with E-state index in [2.05, 4.69) is 5.32 Å². The molecule has 2 heterocycles. The lowest BCUT2D eigenvalue weighted by Crippen LogP contribution is -2.73. The maximum absolute atomic E-state index is 11.9. The Balaban J connectivity index is 2.53. The number of hydrogen-bond donors (Lipinski definition) is 3. The fourth-order valence-corrected chi connectivity index (χ4v) is 9.87. The molecule has 180 valence electrons. The van der Waals surface area contributed by atoms with Gasteiger partial charge in [-0.2, -0.15) is 0 Å². The predicted molar refractivity (Wildman–Crippen MR) is 111 cm³/mol. The molecule has 31 heavy (non-hydrogen) atoms. The molecule has 13 heteroatoms. The molecule has 2 fully saturated rings. The highest BCUT2D eigenvalue weighted by Gasteiger charge is 2.65. The van der Waals surface area contributed by atoms with E-state index in [1.807, 2.05) is 41.5 Å². The Kier molecular flexibility index (Phi) is 7.52. The zero-order chi connectivity index (χ0) is 24.0. The van der Waals surface area contributed by atoms with Crippen molar-refractivity contribution in [1.29, 1.82) is 0 Å². The molecule has 2 saturated heterocycles. The van der Waals surface area contributed by atoms with Gasteiger partial charge in [0, 0.05) is 23.9 Å². The van der Waals surface area contributed by atoms with Gasteiger partial charge in [0.1, 0.15) is 18.2 Å². The van der Waals surface area contributed by atoms with Crippen LogP contribution in [-0.2, 0) is 37.0 Å². The maximum atomic E-state index is 11.9. The smallest absolute Gasteiger partial charge is 0.457 e. The van der Waals surface area contributed by atoms with Crippen molar-refractivity contribution in [2.45, 2.75) is 96.1 Å². The summed E-state index contributed by atoms with van der Waals surface area (Å²) in [7, 11) is -8.00. The first-order valence-corrected chi connectivity index (χ1v) is 13.4. The van der Waals surface area contributed by atoms with E-state index >= 15 is 0 Å². The van der Waals surface area contributed by atoms with Crippen LogP contribution in [0.4, 0.5) is 0 Å². The van der Waals surface area contributed by atoms with Crippen molar-refractivity contribution in [3.05, 3.63) is 0 Å². The maximum Gasteiger partial charge on any atom is 0.472 e. The summed E-state index contributed by atoms with van der Waals surface area (Å²) in [6.07, 6.45) is -4.37. The van der Waals surface area contributed by atoms with Crippen LogP contribution >= 0.6 is 7.82 Å². The largest absolute Gasteiger partial charge is 0.472 e. The second-order valence-corrected chi connectivity index (χ2v) is 15.9. The van der Waals surface area contributed by atoms with Gasteiger partial charge in [0.05, 0.1) is 6.61 Å². The van der Waals surface area contributed by atoms with E-state index in [-0.39, 0.29) is 16.7 Å². The second kappa shape index (κ2) is 8.83. The number of esters is 1. The standard InChI is InChI=1S/C18H34NO10PSi/c1-10(20)19-13-15(26-11(2)21)14-12(27-16(13)28-30(22,23)24)9-25-31(29-14,17(3,4)5)18(6,7)8/h12-16H,9H2,1-8H3,(H,19,20)(H2,22,23,24). The van der Waals surface area contributed by atoms with Crippen LogP contribution in [0, 0.1) is 0 Å². The summed E-state index contributed by atoms with van der Waals surface area (Å²) in [5.41, 5.74) is 0. The fourth-order valence-electron chi connectivity index (χ4n) is 4.46. The van der Waals surface area contributed by atoms with E-state index in [9.17, 15) is 23.9 Å². The molecule has 0 aliphatic carbocycles. The highest BCUT2D eigenvalue weighted by molar-refractivity contribution is 7.46. The number of carbonyl (C=O) groups is 2. The van der Waals surface area contributed by atoms with Crippen LogP contribution in [-0.4, -0.2) is 67.5 Å². The molecule has 0 aromatic carbocycles. The summed E-state index contributed by atoms with van der Waals surface area (Å²) >= 11 is 0. The first kappa shape index (κ1) is 26.4. The van der Waals surface area contributed by atoms with Gasteiger partial charge in [-0.1, -0.05) is 41.5 Å². The van der Waals surface area contributed by atoms with Gasteiger partial charge in [-0.05, 0) is 0 Å². The number of rotatable bonds is 4. The third-order valence-electron chi connectivity index (χ3n) is 5.29. The monoisotopic (exact) mass is 483 g/mol. The van der Waals surface area contributed by atoms with Gasteiger partial charge in [0.25, 0.3) is 0 Å². The van der Waals surface area contributed by atoms with E-state index in [4.69, 9.17) is 22.8 Å². The van der Waals surface area contributed by atoms with E-state index < -0.39 is 58.9 Å². The Hall–Kier alpha value is -0.853. The molecule has 2 aliphatic rings. The molecule has 0 spiro atoms. The van der Waals surface area contributed by atoms with Crippen LogP contribution in [0.15, 0.2) is 0 Å². The molecule has 0 saturated carbocycles. The molecule has 11 nitrogen and oxygen atoms in total. The van der Waals surface area contributed by atoms with Crippen LogP contribution in [0.3, 0.4) is 0 Å². The van der Waals surface area contributed by atoms with Crippen molar-refractivity contribution in [3.63, 3.8) is 0 Å². The Morgan fingerprint density at radius 2 is 1.65 bits per heavy atom. The number of phosphoric ester groups is 1. The normalized spacial score (nSPS) is 31.5. The molecule has 0 bridgehead atoms. The molecule has 0 radical (unpaired) electrons. The Bertz CT molecular complexity index is 729. The average molecular weight is 484 g/mol. The molecule has 5 atom stereocenters. The summed E-state index contributed by atoms with van der Waals surface area (Å²) in [6.45, 7) is 14.6. The second-order valence-electron chi connectivity index (χ2n) is 9.95. The third kappa shape index (κ3) is 5.74. The Morgan fingerprint density at radius 3 is 2.06 bits per heavy atom. The fraction of sp³-hybridized carbons (Fsp3) is 0.889. The van der Waals surface area contributed by atoms with Gasteiger partial charge in [-0.15, -0.1) is 0 Å². The van der Waals surface area contributed by atoms with Crippen molar-refractivity contribution in [2.24, 2.45) is 0 Å². The summed E-state index contributed by atoms with van der Waals surface area (Å²) in [6, 6.07) is -1.21.